The lowest BCUT2D eigenvalue weighted by atomic mass is 9.91. The Hall–Kier alpha value is -7.94. The summed E-state index contributed by atoms with van der Waals surface area (Å²) in [5, 5.41) is 4.61. The minimum absolute atomic E-state index is 0.855. The van der Waals surface area contributed by atoms with Crippen molar-refractivity contribution >= 4 is 49.8 Å². The number of furan rings is 1. The number of anilines is 3. The van der Waals surface area contributed by atoms with Gasteiger partial charge in [0.1, 0.15) is 11.2 Å². The van der Waals surface area contributed by atoms with Gasteiger partial charge in [-0.15, -0.1) is 0 Å². The number of nitrogens with zero attached hydrogens (tertiary/aromatic N) is 1. The van der Waals surface area contributed by atoms with Crippen LogP contribution in [0, 0.1) is 0 Å². The lowest BCUT2D eigenvalue weighted by molar-refractivity contribution is 0.669. The molecule has 0 amide bonds. The summed E-state index contributed by atoms with van der Waals surface area (Å²) in [7, 11) is 0. The van der Waals surface area contributed by atoms with E-state index in [2.05, 4.69) is 235 Å². The monoisotopic (exact) mass is 765 g/mol. The summed E-state index contributed by atoms with van der Waals surface area (Å²) in [5.74, 6) is 0. The van der Waals surface area contributed by atoms with Crippen LogP contribution < -0.4 is 4.90 Å². The molecule has 11 rings (SSSR count). The molecule has 2 heteroatoms. The smallest absolute Gasteiger partial charge is 0.137 e. The number of hydrogen-bond donors (Lipinski definition) is 0. The van der Waals surface area contributed by atoms with Gasteiger partial charge < -0.3 is 9.32 Å². The van der Waals surface area contributed by atoms with Gasteiger partial charge in [0, 0.05) is 16.6 Å². The lowest BCUT2D eigenvalue weighted by Crippen LogP contribution is -2.12. The maximum atomic E-state index is 6.51. The first-order chi connectivity index (χ1) is 29.8. The molecule has 0 N–H and O–H groups in total. The molecule has 60 heavy (non-hydrogen) atoms. The Bertz CT molecular complexity index is 3290. The standard InChI is InChI=1S/C58H39NO/c1-4-16-41(17-5-1)50-36-32-45(38-53(50)44-20-8-3-9-21-44)40-30-34-47(35-31-40)59(54-27-15-29-57-58(54)52-25-12-13-28-56(52)60-57)55-39-46(33-37-51(55)43-18-6-2-7-19-43)49-26-14-23-42-22-10-11-24-48(42)49/h1-39H. The molecular formula is C58H39NO. The van der Waals surface area contributed by atoms with Crippen molar-refractivity contribution in [3.8, 4) is 55.6 Å². The maximum Gasteiger partial charge on any atom is 0.137 e. The average Bonchev–Trinajstić information content (AvgIpc) is 3.72. The highest BCUT2D eigenvalue weighted by Gasteiger charge is 2.23. The highest BCUT2D eigenvalue weighted by Crippen LogP contribution is 2.48. The van der Waals surface area contributed by atoms with Gasteiger partial charge in [-0.3, -0.25) is 0 Å². The van der Waals surface area contributed by atoms with E-state index in [0.717, 1.165) is 66.8 Å². The fourth-order valence-electron chi connectivity index (χ4n) is 8.83. The SMILES string of the molecule is c1ccc(-c2ccc(-c3ccc(N(c4cc(-c5cccc6ccccc56)ccc4-c4ccccc4)c4cccc5oc6ccccc6c45)cc3)cc2-c2ccccc2)cc1. The molecule has 0 unspecified atom stereocenters. The van der Waals surface area contributed by atoms with E-state index in [0.29, 0.717) is 0 Å². The summed E-state index contributed by atoms with van der Waals surface area (Å²) in [5.41, 5.74) is 16.7. The summed E-state index contributed by atoms with van der Waals surface area (Å²) in [6.45, 7) is 0. The molecule has 10 aromatic carbocycles. The number of fused-ring (bicyclic) bond motifs is 4. The topological polar surface area (TPSA) is 16.4 Å². The summed E-state index contributed by atoms with van der Waals surface area (Å²) in [4.78, 5) is 2.43. The molecule has 0 spiro atoms. The van der Waals surface area contributed by atoms with Gasteiger partial charge in [-0.2, -0.15) is 0 Å². The Kier molecular flexibility index (Phi) is 8.87. The van der Waals surface area contributed by atoms with Gasteiger partial charge in [-0.05, 0) is 103 Å². The second-order valence-electron chi connectivity index (χ2n) is 15.2. The second-order valence-corrected chi connectivity index (χ2v) is 15.2. The van der Waals surface area contributed by atoms with E-state index >= 15 is 0 Å². The van der Waals surface area contributed by atoms with Crippen molar-refractivity contribution in [3.05, 3.63) is 237 Å². The van der Waals surface area contributed by atoms with Crippen LogP contribution in [0.2, 0.25) is 0 Å². The third kappa shape index (κ3) is 6.32. The molecular weight excluding hydrogens is 727 g/mol. The fourth-order valence-corrected chi connectivity index (χ4v) is 8.83. The Labute approximate surface area is 349 Å². The Morgan fingerprint density at radius 2 is 0.833 bits per heavy atom. The van der Waals surface area contributed by atoms with E-state index < -0.39 is 0 Å². The van der Waals surface area contributed by atoms with Crippen molar-refractivity contribution in [2.24, 2.45) is 0 Å². The van der Waals surface area contributed by atoms with Crippen LogP contribution in [0.25, 0.3) is 88.3 Å². The minimum atomic E-state index is 0.855. The molecule has 1 heterocycles. The van der Waals surface area contributed by atoms with Gasteiger partial charge in [-0.1, -0.05) is 194 Å². The Balaban J connectivity index is 1.13. The normalized spacial score (nSPS) is 11.3. The van der Waals surface area contributed by atoms with Gasteiger partial charge in [0.25, 0.3) is 0 Å². The van der Waals surface area contributed by atoms with E-state index in [1.54, 1.807) is 0 Å². The molecule has 0 atom stereocenters. The number of hydrogen-bond acceptors (Lipinski definition) is 2. The van der Waals surface area contributed by atoms with E-state index in [9.17, 15) is 0 Å². The molecule has 1 aromatic heterocycles. The van der Waals surface area contributed by atoms with Gasteiger partial charge in [0.05, 0.1) is 16.8 Å². The summed E-state index contributed by atoms with van der Waals surface area (Å²) in [6.07, 6.45) is 0. The summed E-state index contributed by atoms with van der Waals surface area (Å²) >= 11 is 0. The van der Waals surface area contributed by atoms with Crippen LogP contribution in [0.4, 0.5) is 17.1 Å². The van der Waals surface area contributed by atoms with Crippen molar-refractivity contribution in [1.82, 2.24) is 0 Å². The minimum Gasteiger partial charge on any atom is -0.456 e. The zero-order chi connectivity index (χ0) is 39.8. The van der Waals surface area contributed by atoms with Crippen molar-refractivity contribution in [1.29, 1.82) is 0 Å². The van der Waals surface area contributed by atoms with Crippen LogP contribution >= 0.6 is 0 Å². The zero-order valence-corrected chi connectivity index (χ0v) is 32.9. The van der Waals surface area contributed by atoms with Crippen LogP contribution in [-0.4, -0.2) is 0 Å². The number of para-hydroxylation sites is 1. The molecule has 2 nitrogen and oxygen atoms in total. The van der Waals surface area contributed by atoms with Crippen LogP contribution in [0.5, 0.6) is 0 Å². The molecule has 0 aliphatic rings. The van der Waals surface area contributed by atoms with Crippen LogP contribution in [-0.2, 0) is 0 Å². The van der Waals surface area contributed by atoms with Gasteiger partial charge in [0.2, 0.25) is 0 Å². The molecule has 0 saturated heterocycles. The first-order valence-electron chi connectivity index (χ1n) is 20.5. The largest absolute Gasteiger partial charge is 0.456 e. The Morgan fingerprint density at radius 1 is 0.283 bits per heavy atom. The molecule has 0 aliphatic heterocycles. The van der Waals surface area contributed by atoms with Crippen molar-refractivity contribution in [2.75, 3.05) is 4.90 Å². The van der Waals surface area contributed by atoms with Crippen molar-refractivity contribution < 1.29 is 4.42 Å². The van der Waals surface area contributed by atoms with E-state index in [1.165, 1.54) is 38.6 Å². The van der Waals surface area contributed by atoms with Crippen LogP contribution in [0.1, 0.15) is 0 Å². The average molecular weight is 766 g/mol. The van der Waals surface area contributed by atoms with Crippen LogP contribution in [0.15, 0.2) is 241 Å². The third-order valence-electron chi connectivity index (χ3n) is 11.7. The highest BCUT2D eigenvalue weighted by atomic mass is 16.3. The molecule has 0 aliphatic carbocycles. The molecule has 0 radical (unpaired) electrons. The lowest BCUT2D eigenvalue weighted by Gasteiger charge is -2.29. The van der Waals surface area contributed by atoms with Gasteiger partial charge in [-0.25, -0.2) is 0 Å². The number of benzene rings is 10. The molecule has 282 valence electrons. The second kappa shape index (κ2) is 15.1. The highest BCUT2D eigenvalue weighted by molar-refractivity contribution is 6.14. The van der Waals surface area contributed by atoms with Gasteiger partial charge >= 0.3 is 0 Å². The van der Waals surface area contributed by atoms with Gasteiger partial charge in [0.15, 0.2) is 0 Å². The molecule has 0 fully saturated rings. The first kappa shape index (κ1) is 35.2. The van der Waals surface area contributed by atoms with E-state index in [1.807, 2.05) is 6.07 Å². The summed E-state index contributed by atoms with van der Waals surface area (Å²) < 4.78 is 6.51. The Morgan fingerprint density at radius 3 is 1.58 bits per heavy atom. The third-order valence-corrected chi connectivity index (χ3v) is 11.7. The van der Waals surface area contributed by atoms with Crippen LogP contribution in [0.3, 0.4) is 0 Å². The maximum absolute atomic E-state index is 6.51. The zero-order valence-electron chi connectivity index (χ0n) is 32.9. The quantitative estimate of drug-likeness (QED) is 0.153. The predicted octanol–water partition coefficient (Wildman–Crippen LogP) is 16.5. The molecule has 0 bridgehead atoms. The van der Waals surface area contributed by atoms with Crippen molar-refractivity contribution in [3.63, 3.8) is 0 Å². The molecule has 11 aromatic rings. The first-order valence-corrected chi connectivity index (χ1v) is 20.5. The van der Waals surface area contributed by atoms with Crippen molar-refractivity contribution in [2.45, 2.75) is 0 Å². The summed E-state index contributed by atoms with van der Waals surface area (Å²) in [6, 6.07) is 84.9. The molecule has 0 saturated carbocycles. The predicted molar refractivity (Wildman–Crippen MR) is 253 cm³/mol. The fraction of sp³-hybridized carbons (Fsp3) is 0. The van der Waals surface area contributed by atoms with E-state index in [-0.39, 0.29) is 0 Å². The number of rotatable bonds is 8. The van der Waals surface area contributed by atoms with E-state index in [4.69, 9.17) is 4.42 Å².